The molecule has 0 atom stereocenters. The van der Waals surface area contributed by atoms with Gasteiger partial charge in [0, 0.05) is 6.07 Å². The lowest BCUT2D eigenvalue weighted by atomic mass is 10.3. The average molecular weight is 283 g/mol. The Labute approximate surface area is 94.2 Å². The Bertz CT molecular complexity index is 557. The summed E-state index contributed by atoms with van der Waals surface area (Å²) >= 11 is 0. The van der Waals surface area contributed by atoms with Crippen LogP contribution in [0.15, 0.2) is 18.2 Å². The zero-order chi connectivity index (χ0) is 13.4. The maximum atomic E-state index is 11.1. The number of nitrogens with zero attached hydrogens (tertiary/aromatic N) is 1. The molecule has 0 aromatic heterocycles. The third kappa shape index (κ3) is 2.98. The summed E-state index contributed by atoms with van der Waals surface area (Å²) in [7, 11) is -10.2. The summed E-state index contributed by atoms with van der Waals surface area (Å²) in [6, 6.07) is 2.43. The molecule has 0 aliphatic rings. The second-order valence-corrected chi connectivity index (χ2v) is 6.10. The summed E-state index contributed by atoms with van der Waals surface area (Å²) in [6.45, 7) is 0. The predicted octanol–water partition coefficient (Wildman–Crippen LogP) is -0.799. The molecule has 1 rings (SSSR count). The van der Waals surface area contributed by atoms with Crippen LogP contribution in [0.2, 0.25) is 0 Å². The van der Waals surface area contributed by atoms with Crippen molar-refractivity contribution in [3.8, 4) is 0 Å². The van der Waals surface area contributed by atoms with E-state index in [2.05, 4.69) is 0 Å². The maximum Gasteiger partial charge on any atom is 0.364 e. The first kappa shape index (κ1) is 14.0. The molecule has 0 radical (unpaired) electrons. The molecular formula is C6H7NO8P2. The van der Waals surface area contributed by atoms with Crippen molar-refractivity contribution in [3.05, 3.63) is 28.3 Å². The molecular weight excluding hydrogens is 276 g/mol. The summed E-state index contributed by atoms with van der Waals surface area (Å²) in [5.41, 5.74) is -1.03. The number of nitro benzene ring substituents is 1. The molecule has 0 bridgehead atoms. The van der Waals surface area contributed by atoms with Crippen LogP contribution in [-0.2, 0) is 9.13 Å². The normalized spacial score (nSPS) is 12.5. The maximum absolute atomic E-state index is 11.1. The first-order valence-electron chi connectivity index (χ1n) is 3.95. The Kier molecular flexibility index (Phi) is 3.54. The summed E-state index contributed by atoms with van der Waals surface area (Å²) in [4.78, 5) is 45.1. The molecule has 1 aromatic carbocycles. The summed E-state index contributed by atoms with van der Waals surface area (Å²) in [5, 5.41) is 8.26. The number of rotatable bonds is 3. The summed E-state index contributed by atoms with van der Waals surface area (Å²) in [5.74, 6) is 0. The van der Waals surface area contributed by atoms with Gasteiger partial charge in [-0.05, 0) is 6.07 Å². The molecule has 4 N–H and O–H groups in total. The van der Waals surface area contributed by atoms with Gasteiger partial charge in [0.05, 0.1) is 10.2 Å². The molecule has 0 spiro atoms. The van der Waals surface area contributed by atoms with Gasteiger partial charge in [-0.1, -0.05) is 6.07 Å². The molecule has 0 unspecified atom stereocenters. The van der Waals surface area contributed by atoms with E-state index in [0.717, 1.165) is 18.2 Å². The molecule has 1 aromatic rings. The molecule has 0 aliphatic heterocycles. The lowest BCUT2D eigenvalue weighted by Crippen LogP contribution is -2.27. The first-order valence-corrected chi connectivity index (χ1v) is 7.17. The number of hydrogen-bond donors (Lipinski definition) is 4. The van der Waals surface area contributed by atoms with Crippen molar-refractivity contribution in [3.63, 3.8) is 0 Å². The van der Waals surface area contributed by atoms with Gasteiger partial charge in [0.1, 0.15) is 0 Å². The monoisotopic (exact) mass is 283 g/mol. The third-order valence-electron chi connectivity index (χ3n) is 1.80. The molecule has 0 fully saturated rings. The van der Waals surface area contributed by atoms with Gasteiger partial charge in [-0.3, -0.25) is 19.2 Å². The molecule has 0 saturated heterocycles. The minimum atomic E-state index is -5.18. The zero-order valence-corrected chi connectivity index (χ0v) is 9.78. The second-order valence-electron chi connectivity index (χ2n) is 2.99. The molecule has 0 amide bonds. The van der Waals surface area contributed by atoms with Gasteiger partial charge in [-0.2, -0.15) is 0 Å². The smallest absolute Gasteiger partial charge is 0.321 e. The zero-order valence-electron chi connectivity index (χ0n) is 8.00. The van der Waals surface area contributed by atoms with Crippen LogP contribution in [0.1, 0.15) is 0 Å². The lowest BCUT2D eigenvalue weighted by Gasteiger charge is -2.11. The molecule has 94 valence electrons. The minimum absolute atomic E-state index is 0.738. The first-order chi connectivity index (χ1) is 7.55. The van der Waals surface area contributed by atoms with E-state index in [1.54, 1.807) is 0 Å². The minimum Gasteiger partial charge on any atom is -0.321 e. The second kappa shape index (κ2) is 4.30. The van der Waals surface area contributed by atoms with E-state index in [-0.39, 0.29) is 0 Å². The van der Waals surface area contributed by atoms with Gasteiger partial charge >= 0.3 is 15.2 Å². The highest BCUT2D eigenvalue weighted by Gasteiger charge is 2.37. The third-order valence-corrected chi connectivity index (χ3v) is 4.02. The van der Waals surface area contributed by atoms with Crippen molar-refractivity contribution in [1.82, 2.24) is 0 Å². The van der Waals surface area contributed by atoms with Gasteiger partial charge < -0.3 is 19.6 Å². The van der Waals surface area contributed by atoms with Crippen LogP contribution in [-0.4, -0.2) is 24.5 Å². The highest BCUT2D eigenvalue weighted by molar-refractivity contribution is 7.67. The Morgan fingerprint density at radius 1 is 1.06 bits per heavy atom. The molecule has 11 heteroatoms. The number of hydrogen-bond acceptors (Lipinski definition) is 4. The van der Waals surface area contributed by atoms with E-state index < -0.39 is 36.4 Å². The fourth-order valence-electron chi connectivity index (χ4n) is 1.20. The highest BCUT2D eigenvalue weighted by Crippen LogP contribution is 2.42. The molecule has 0 saturated carbocycles. The Hall–Kier alpha value is -1.08. The van der Waals surface area contributed by atoms with Gasteiger partial charge in [0.2, 0.25) is 0 Å². The van der Waals surface area contributed by atoms with Gasteiger partial charge in [0.25, 0.3) is 5.69 Å². The van der Waals surface area contributed by atoms with E-state index in [1.165, 1.54) is 0 Å². The van der Waals surface area contributed by atoms with Gasteiger partial charge in [0.15, 0.2) is 5.30 Å². The van der Waals surface area contributed by atoms with Crippen molar-refractivity contribution >= 4 is 31.5 Å². The Morgan fingerprint density at radius 2 is 1.59 bits per heavy atom. The van der Waals surface area contributed by atoms with Gasteiger partial charge in [-0.25, -0.2) is 0 Å². The Morgan fingerprint density at radius 3 is 1.94 bits per heavy atom. The largest absolute Gasteiger partial charge is 0.364 e. The van der Waals surface area contributed by atoms with Gasteiger partial charge in [-0.15, -0.1) is 0 Å². The molecule has 9 nitrogen and oxygen atoms in total. The van der Waals surface area contributed by atoms with Crippen LogP contribution < -0.4 is 10.6 Å². The molecule has 17 heavy (non-hydrogen) atoms. The van der Waals surface area contributed by atoms with E-state index in [9.17, 15) is 19.2 Å². The standard InChI is InChI=1S/C6H7NO8P2/c8-7(9)4-2-1-3-5(16(10,11)12)6(4)17(13,14)15/h1-3H,(H2,10,11,12)(H2,13,14,15). The van der Waals surface area contributed by atoms with Crippen LogP contribution in [0.25, 0.3) is 0 Å². The quantitative estimate of drug-likeness (QED) is 0.319. The summed E-state index contributed by atoms with van der Waals surface area (Å²) < 4.78 is 22.1. The van der Waals surface area contributed by atoms with E-state index in [4.69, 9.17) is 19.6 Å². The average Bonchev–Trinajstić information content (AvgIpc) is 2.13. The van der Waals surface area contributed by atoms with Crippen molar-refractivity contribution in [2.24, 2.45) is 0 Å². The van der Waals surface area contributed by atoms with Crippen molar-refractivity contribution in [2.45, 2.75) is 0 Å². The van der Waals surface area contributed by atoms with Crippen molar-refractivity contribution in [1.29, 1.82) is 0 Å². The summed E-state index contributed by atoms with van der Waals surface area (Å²) in [6.07, 6.45) is 0. The molecule has 0 aliphatic carbocycles. The predicted molar refractivity (Wildman–Crippen MR) is 56.5 cm³/mol. The van der Waals surface area contributed by atoms with Crippen LogP contribution >= 0.6 is 15.2 Å². The number of nitro groups is 1. The van der Waals surface area contributed by atoms with Crippen LogP contribution in [0.4, 0.5) is 5.69 Å². The topological polar surface area (TPSA) is 158 Å². The van der Waals surface area contributed by atoms with Crippen molar-refractivity contribution < 1.29 is 33.6 Å². The fourth-order valence-corrected chi connectivity index (χ4v) is 3.48. The Balaban J connectivity index is 3.76. The SMILES string of the molecule is O=[N+]([O-])c1cccc(P(=O)(O)O)c1P(=O)(O)O. The van der Waals surface area contributed by atoms with Crippen LogP contribution in [0.3, 0.4) is 0 Å². The van der Waals surface area contributed by atoms with E-state index >= 15 is 0 Å². The molecule has 0 heterocycles. The van der Waals surface area contributed by atoms with E-state index in [0.29, 0.717) is 0 Å². The van der Waals surface area contributed by atoms with Crippen LogP contribution in [0, 0.1) is 10.1 Å². The fraction of sp³-hybridized carbons (Fsp3) is 0. The lowest BCUT2D eigenvalue weighted by molar-refractivity contribution is -0.383. The van der Waals surface area contributed by atoms with Crippen molar-refractivity contribution in [2.75, 3.05) is 0 Å². The van der Waals surface area contributed by atoms with Crippen LogP contribution in [0.5, 0.6) is 0 Å². The number of benzene rings is 1. The highest BCUT2D eigenvalue weighted by atomic mass is 31.2. The van der Waals surface area contributed by atoms with E-state index in [1.807, 2.05) is 0 Å².